The van der Waals surface area contributed by atoms with Crippen LogP contribution in [0.4, 0.5) is 5.69 Å². The monoisotopic (exact) mass is 468 g/mol. The van der Waals surface area contributed by atoms with Crippen molar-refractivity contribution >= 4 is 35.6 Å². The normalized spacial score (nSPS) is 11.4. The van der Waals surface area contributed by atoms with Gasteiger partial charge in [-0.3, -0.25) is 15.1 Å². The number of hydrogen-bond acceptors (Lipinski definition) is 3. The van der Waals surface area contributed by atoms with Gasteiger partial charge in [-0.25, -0.2) is 0 Å². The van der Waals surface area contributed by atoms with Gasteiger partial charge in [0, 0.05) is 37.2 Å². The predicted molar refractivity (Wildman–Crippen MR) is 116 cm³/mol. The maximum absolute atomic E-state index is 11.1. The van der Waals surface area contributed by atoms with Crippen LogP contribution < -0.4 is 10.6 Å². The van der Waals surface area contributed by atoms with Gasteiger partial charge in [0.2, 0.25) is 0 Å². The van der Waals surface area contributed by atoms with E-state index in [9.17, 15) is 10.1 Å². The van der Waals surface area contributed by atoms with E-state index in [1.54, 1.807) is 25.2 Å². The first kappa shape index (κ1) is 21.9. The number of guanidine groups is 1. The maximum atomic E-state index is 11.1. The van der Waals surface area contributed by atoms with Gasteiger partial charge >= 0.3 is 0 Å². The number of nitrogens with zero attached hydrogens (tertiary/aromatic N) is 2. The zero-order chi connectivity index (χ0) is 18.3. The first-order valence-electron chi connectivity index (χ1n) is 8.16. The minimum atomic E-state index is -0.369. The molecule has 0 saturated carbocycles. The molecule has 0 atom stereocenters. The van der Waals surface area contributed by atoms with E-state index in [1.807, 2.05) is 18.2 Å². The third kappa shape index (κ3) is 5.98. The van der Waals surface area contributed by atoms with Crippen LogP contribution in [-0.4, -0.2) is 24.5 Å². The van der Waals surface area contributed by atoms with Gasteiger partial charge in [-0.1, -0.05) is 62.4 Å². The molecule has 0 aliphatic rings. The van der Waals surface area contributed by atoms with Gasteiger partial charge in [0.1, 0.15) is 0 Å². The summed E-state index contributed by atoms with van der Waals surface area (Å²) in [7, 11) is 1.68. The number of halogens is 1. The van der Waals surface area contributed by atoms with Crippen molar-refractivity contribution < 1.29 is 4.92 Å². The summed E-state index contributed by atoms with van der Waals surface area (Å²) in [4.78, 5) is 14.9. The molecule has 26 heavy (non-hydrogen) atoms. The molecule has 0 amide bonds. The van der Waals surface area contributed by atoms with Crippen molar-refractivity contribution in [1.82, 2.24) is 10.6 Å². The van der Waals surface area contributed by atoms with E-state index in [0.29, 0.717) is 24.6 Å². The molecular formula is C19H25IN4O2. The molecule has 140 valence electrons. The lowest BCUT2D eigenvalue weighted by Gasteiger charge is -2.26. The lowest BCUT2D eigenvalue weighted by Crippen LogP contribution is -2.43. The highest BCUT2D eigenvalue weighted by Gasteiger charge is 2.20. The van der Waals surface area contributed by atoms with Crippen molar-refractivity contribution in [3.63, 3.8) is 0 Å². The van der Waals surface area contributed by atoms with E-state index in [1.165, 1.54) is 11.6 Å². The fourth-order valence-corrected chi connectivity index (χ4v) is 2.53. The molecule has 0 unspecified atom stereocenters. The SMILES string of the molecule is CN=C(NCc1ccccc1[N+](=O)[O-])NCC(C)(C)c1ccccc1.I. The van der Waals surface area contributed by atoms with Gasteiger partial charge in [-0.15, -0.1) is 24.0 Å². The predicted octanol–water partition coefficient (Wildman–Crippen LogP) is 3.86. The highest BCUT2D eigenvalue weighted by atomic mass is 127. The smallest absolute Gasteiger partial charge is 0.274 e. The Morgan fingerprint density at radius 3 is 2.31 bits per heavy atom. The molecule has 0 aliphatic carbocycles. The topological polar surface area (TPSA) is 79.6 Å². The van der Waals surface area contributed by atoms with Gasteiger partial charge in [-0.2, -0.15) is 0 Å². The van der Waals surface area contributed by atoms with Crippen molar-refractivity contribution in [1.29, 1.82) is 0 Å². The third-order valence-corrected chi connectivity index (χ3v) is 4.11. The lowest BCUT2D eigenvalue weighted by molar-refractivity contribution is -0.385. The standard InChI is InChI=1S/C19H24N4O2.HI/c1-19(2,16-10-5-4-6-11-16)14-22-18(20-3)21-13-15-9-7-8-12-17(15)23(24)25;/h4-12H,13-14H2,1-3H3,(H2,20,21,22);1H. The summed E-state index contributed by atoms with van der Waals surface area (Å²) in [6.45, 7) is 5.34. The van der Waals surface area contributed by atoms with E-state index in [4.69, 9.17) is 0 Å². The van der Waals surface area contributed by atoms with Gasteiger partial charge < -0.3 is 10.6 Å². The Balaban J connectivity index is 0.00000338. The van der Waals surface area contributed by atoms with Crippen LogP contribution in [0.15, 0.2) is 59.6 Å². The van der Waals surface area contributed by atoms with Crippen LogP contribution >= 0.6 is 24.0 Å². The molecular weight excluding hydrogens is 443 g/mol. The molecule has 0 saturated heterocycles. The molecule has 2 rings (SSSR count). The van der Waals surface area contributed by atoms with Crippen LogP contribution in [0.1, 0.15) is 25.0 Å². The Hall–Kier alpha value is -2.16. The van der Waals surface area contributed by atoms with E-state index < -0.39 is 0 Å². The molecule has 2 aromatic carbocycles. The Morgan fingerprint density at radius 1 is 1.08 bits per heavy atom. The second-order valence-electron chi connectivity index (χ2n) is 6.42. The highest BCUT2D eigenvalue weighted by Crippen LogP contribution is 2.21. The van der Waals surface area contributed by atoms with Gasteiger partial charge in [0.25, 0.3) is 5.69 Å². The number of rotatable bonds is 6. The highest BCUT2D eigenvalue weighted by molar-refractivity contribution is 14.0. The fraction of sp³-hybridized carbons (Fsp3) is 0.316. The number of nitrogens with one attached hydrogen (secondary N) is 2. The van der Waals surface area contributed by atoms with E-state index in [2.05, 4.69) is 41.6 Å². The van der Waals surface area contributed by atoms with Gasteiger partial charge in [0.05, 0.1) is 4.92 Å². The van der Waals surface area contributed by atoms with Gasteiger partial charge in [-0.05, 0) is 5.56 Å². The molecule has 0 bridgehead atoms. The number of hydrogen-bond donors (Lipinski definition) is 2. The molecule has 6 nitrogen and oxygen atoms in total. The molecule has 0 fully saturated rings. The second-order valence-corrected chi connectivity index (χ2v) is 6.42. The first-order valence-corrected chi connectivity index (χ1v) is 8.16. The Bertz CT molecular complexity index is 748. The maximum Gasteiger partial charge on any atom is 0.274 e. The molecule has 0 radical (unpaired) electrons. The van der Waals surface area contributed by atoms with E-state index in [0.717, 1.165) is 0 Å². The number of para-hydroxylation sites is 1. The average molecular weight is 468 g/mol. The number of nitro benzene ring substituents is 1. The fourth-order valence-electron chi connectivity index (χ4n) is 2.53. The molecule has 0 aromatic heterocycles. The summed E-state index contributed by atoms with van der Waals surface area (Å²) in [5, 5.41) is 17.5. The van der Waals surface area contributed by atoms with E-state index in [-0.39, 0.29) is 40.0 Å². The van der Waals surface area contributed by atoms with Crippen LogP contribution in [0.25, 0.3) is 0 Å². The molecule has 0 spiro atoms. The molecule has 0 heterocycles. The van der Waals surface area contributed by atoms with Crippen molar-refractivity contribution in [2.45, 2.75) is 25.8 Å². The zero-order valence-corrected chi connectivity index (χ0v) is 17.6. The Kier molecular flexibility index (Phi) is 8.50. The zero-order valence-electron chi connectivity index (χ0n) is 15.2. The van der Waals surface area contributed by atoms with Crippen molar-refractivity contribution in [3.05, 3.63) is 75.8 Å². The number of benzene rings is 2. The summed E-state index contributed by atoms with van der Waals surface area (Å²) >= 11 is 0. The van der Waals surface area contributed by atoms with Crippen molar-refractivity contribution in [2.75, 3.05) is 13.6 Å². The van der Waals surface area contributed by atoms with Crippen molar-refractivity contribution in [3.8, 4) is 0 Å². The van der Waals surface area contributed by atoms with Crippen LogP contribution in [-0.2, 0) is 12.0 Å². The summed E-state index contributed by atoms with van der Waals surface area (Å²) in [6, 6.07) is 17.0. The van der Waals surface area contributed by atoms with Crippen molar-refractivity contribution in [2.24, 2.45) is 4.99 Å². The quantitative estimate of drug-likeness (QED) is 0.222. The summed E-state index contributed by atoms with van der Waals surface area (Å²) in [5.74, 6) is 0.613. The lowest BCUT2D eigenvalue weighted by atomic mass is 9.85. The number of aliphatic imine (C=N–C) groups is 1. The Labute approximate surface area is 171 Å². The first-order chi connectivity index (χ1) is 11.9. The van der Waals surface area contributed by atoms with Crippen LogP contribution in [0.5, 0.6) is 0 Å². The largest absolute Gasteiger partial charge is 0.356 e. The van der Waals surface area contributed by atoms with Crippen LogP contribution in [0, 0.1) is 10.1 Å². The summed E-state index contributed by atoms with van der Waals surface area (Å²) in [5.41, 5.74) is 1.89. The third-order valence-electron chi connectivity index (χ3n) is 4.11. The molecule has 2 N–H and O–H groups in total. The summed E-state index contributed by atoms with van der Waals surface area (Å²) < 4.78 is 0. The summed E-state index contributed by atoms with van der Waals surface area (Å²) in [6.07, 6.45) is 0. The van der Waals surface area contributed by atoms with Crippen LogP contribution in [0.2, 0.25) is 0 Å². The minimum absolute atomic E-state index is 0. The Morgan fingerprint density at radius 2 is 1.69 bits per heavy atom. The molecule has 7 heteroatoms. The van der Waals surface area contributed by atoms with Crippen LogP contribution in [0.3, 0.4) is 0 Å². The second kappa shape index (κ2) is 10.1. The van der Waals surface area contributed by atoms with Gasteiger partial charge in [0.15, 0.2) is 5.96 Å². The van der Waals surface area contributed by atoms with E-state index >= 15 is 0 Å². The number of nitro groups is 1. The minimum Gasteiger partial charge on any atom is -0.356 e. The molecule has 2 aromatic rings. The average Bonchev–Trinajstić information content (AvgIpc) is 2.62. The molecule has 0 aliphatic heterocycles.